The number of hydrazone groups is 1. The van der Waals surface area contributed by atoms with Crippen molar-refractivity contribution in [3.8, 4) is 0 Å². The van der Waals surface area contributed by atoms with Crippen LogP contribution >= 0.6 is 0 Å². The Bertz CT molecular complexity index is 484. The highest BCUT2D eigenvalue weighted by Gasteiger charge is 2.40. The summed E-state index contributed by atoms with van der Waals surface area (Å²) in [5.74, 6) is 0.216. The van der Waals surface area contributed by atoms with Crippen LogP contribution in [0, 0.1) is 5.82 Å². The molecule has 0 amide bonds. The summed E-state index contributed by atoms with van der Waals surface area (Å²) in [6.07, 6.45) is 2.39. The minimum absolute atomic E-state index is 0.304. The normalized spacial score (nSPS) is 23.2. The zero-order valence-corrected chi connectivity index (χ0v) is 9.14. The Kier molecular flexibility index (Phi) is 2.31. The topological polar surface area (TPSA) is 44.7 Å². The van der Waals surface area contributed by atoms with Gasteiger partial charge in [0, 0.05) is 6.04 Å². The van der Waals surface area contributed by atoms with E-state index in [1.165, 1.54) is 6.07 Å². The van der Waals surface area contributed by atoms with Crippen LogP contribution in [-0.2, 0) is 4.79 Å². The minimum Gasteiger partial charge on any atom is -0.324 e. The zero-order chi connectivity index (χ0) is 11.8. The van der Waals surface area contributed by atoms with Gasteiger partial charge in [-0.05, 0) is 25.0 Å². The van der Waals surface area contributed by atoms with Crippen molar-refractivity contribution in [2.45, 2.75) is 25.0 Å². The van der Waals surface area contributed by atoms with Gasteiger partial charge in [-0.1, -0.05) is 12.1 Å². The molecule has 88 valence electrons. The monoisotopic (exact) mass is 233 g/mol. The van der Waals surface area contributed by atoms with Crippen LogP contribution in [0.3, 0.4) is 0 Å². The third-order valence-electron chi connectivity index (χ3n) is 3.03. The standard InChI is InChI=1S/C12H12FN3O/c13-10-4-2-1-3-9(10)12-15-14-11(7-17)16(12)8-5-6-8/h1-4,7-8,11,14H,5-6H2. The van der Waals surface area contributed by atoms with Crippen molar-refractivity contribution in [3.05, 3.63) is 35.6 Å². The van der Waals surface area contributed by atoms with Crippen molar-refractivity contribution in [2.24, 2.45) is 5.10 Å². The molecule has 0 radical (unpaired) electrons. The Labute approximate surface area is 98.1 Å². The molecular weight excluding hydrogens is 221 g/mol. The predicted molar refractivity (Wildman–Crippen MR) is 60.8 cm³/mol. The number of benzene rings is 1. The molecule has 1 aromatic carbocycles. The van der Waals surface area contributed by atoms with Gasteiger partial charge in [0.15, 0.2) is 18.3 Å². The Hall–Kier alpha value is -1.91. The van der Waals surface area contributed by atoms with E-state index in [-0.39, 0.29) is 5.82 Å². The van der Waals surface area contributed by atoms with Crippen LogP contribution in [0.25, 0.3) is 0 Å². The molecule has 1 unspecified atom stereocenters. The van der Waals surface area contributed by atoms with E-state index in [1.54, 1.807) is 18.2 Å². The molecule has 2 aliphatic rings. The highest BCUT2D eigenvalue weighted by molar-refractivity contribution is 6.01. The number of amidine groups is 1. The number of carbonyl (C=O) groups is 1. The van der Waals surface area contributed by atoms with Gasteiger partial charge in [-0.25, -0.2) is 4.39 Å². The number of hydrogen-bond acceptors (Lipinski definition) is 4. The highest BCUT2D eigenvalue weighted by atomic mass is 19.1. The maximum absolute atomic E-state index is 13.7. The first-order valence-electron chi connectivity index (χ1n) is 5.63. The molecule has 1 aliphatic heterocycles. The van der Waals surface area contributed by atoms with Crippen LogP contribution in [0.15, 0.2) is 29.4 Å². The van der Waals surface area contributed by atoms with Crippen molar-refractivity contribution in [2.75, 3.05) is 0 Å². The molecule has 4 nitrogen and oxygen atoms in total. The molecule has 1 atom stereocenters. The molecule has 1 saturated carbocycles. The van der Waals surface area contributed by atoms with Gasteiger partial charge in [0.2, 0.25) is 0 Å². The number of nitrogens with one attached hydrogen (secondary N) is 1. The third kappa shape index (κ3) is 1.67. The molecule has 0 bridgehead atoms. The average molecular weight is 233 g/mol. The molecular formula is C12H12FN3O. The van der Waals surface area contributed by atoms with Crippen LogP contribution in [0.2, 0.25) is 0 Å². The second-order valence-corrected chi connectivity index (χ2v) is 4.26. The zero-order valence-electron chi connectivity index (χ0n) is 9.14. The van der Waals surface area contributed by atoms with E-state index < -0.39 is 6.17 Å². The molecule has 0 aromatic heterocycles. The first-order chi connectivity index (χ1) is 8.31. The Morgan fingerprint density at radius 1 is 1.41 bits per heavy atom. The second kappa shape index (κ2) is 3.84. The van der Waals surface area contributed by atoms with E-state index in [4.69, 9.17) is 0 Å². The van der Waals surface area contributed by atoms with Crippen LogP contribution in [-0.4, -0.2) is 29.2 Å². The summed E-state index contributed by atoms with van der Waals surface area (Å²) < 4.78 is 13.7. The molecule has 1 fully saturated rings. The van der Waals surface area contributed by atoms with Gasteiger partial charge in [0.25, 0.3) is 0 Å². The van der Waals surface area contributed by atoms with Crippen molar-refractivity contribution in [3.63, 3.8) is 0 Å². The van der Waals surface area contributed by atoms with Gasteiger partial charge in [-0.15, -0.1) is 0 Å². The lowest BCUT2D eigenvalue weighted by Gasteiger charge is -2.23. The summed E-state index contributed by atoms with van der Waals surface area (Å²) in [7, 11) is 0. The summed E-state index contributed by atoms with van der Waals surface area (Å²) in [6.45, 7) is 0. The molecule has 17 heavy (non-hydrogen) atoms. The Balaban J connectivity index is 1.97. The number of hydrogen-bond donors (Lipinski definition) is 1. The number of aldehydes is 1. The van der Waals surface area contributed by atoms with Crippen LogP contribution in [0.1, 0.15) is 18.4 Å². The molecule has 1 N–H and O–H groups in total. The smallest absolute Gasteiger partial charge is 0.173 e. The van der Waals surface area contributed by atoms with E-state index in [2.05, 4.69) is 10.5 Å². The molecule has 3 rings (SSSR count). The van der Waals surface area contributed by atoms with E-state index in [0.717, 1.165) is 19.1 Å². The predicted octanol–water partition coefficient (Wildman–Crippen LogP) is 1.08. The van der Waals surface area contributed by atoms with Gasteiger partial charge in [-0.3, -0.25) is 10.2 Å². The van der Waals surface area contributed by atoms with E-state index in [1.807, 2.05) is 4.90 Å². The molecule has 1 aromatic rings. The summed E-state index contributed by atoms with van der Waals surface area (Å²) in [5.41, 5.74) is 3.17. The van der Waals surface area contributed by atoms with Crippen LogP contribution in [0.4, 0.5) is 4.39 Å². The minimum atomic E-state index is -0.461. The fraction of sp³-hybridized carbons (Fsp3) is 0.333. The fourth-order valence-electron chi connectivity index (χ4n) is 2.07. The van der Waals surface area contributed by atoms with Crippen LogP contribution in [0.5, 0.6) is 0 Å². The van der Waals surface area contributed by atoms with Crippen molar-refractivity contribution in [1.29, 1.82) is 0 Å². The van der Waals surface area contributed by atoms with E-state index in [9.17, 15) is 9.18 Å². The number of carbonyl (C=O) groups excluding carboxylic acids is 1. The summed E-state index contributed by atoms with van der Waals surface area (Å²) in [4.78, 5) is 12.8. The maximum Gasteiger partial charge on any atom is 0.173 e. The number of nitrogens with zero attached hydrogens (tertiary/aromatic N) is 2. The van der Waals surface area contributed by atoms with Gasteiger partial charge < -0.3 is 4.90 Å². The quantitative estimate of drug-likeness (QED) is 0.794. The van der Waals surface area contributed by atoms with Crippen molar-refractivity contribution >= 4 is 12.1 Å². The van der Waals surface area contributed by atoms with E-state index in [0.29, 0.717) is 17.4 Å². The second-order valence-electron chi connectivity index (χ2n) is 4.26. The largest absolute Gasteiger partial charge is 0.324 e. The van der Waals surface area contributed by atoms with Crippen molar-refractivity contribution in [1.82, 2.24) is 10.3 Å². The summed E-state index contributed by atoms with van der Waals surface area (Å²) >= 11 is 0. The molecule has 1 aliphatic carbocycles. The van der Waals surface area contributed by atoms with Gasteiger partial charge in [0.1, 0.15) is 5.82 Å². The van der Waals surface area contributed by atoms with Gasteiger partial charge in [-0.2, -0.15) is 5.10 Å². The highest BCUT2D eigenvalue weighted by Crippen LogP contribution is 2.31. The average Bonchev–Trinajstić information content (AvgIpc) is 3.10. The Morgan fingerprint density at radius 3 is 2.82 bits per heavy atom. The first kappa shape index (κ1) is 10.3. The van der Waals surface area contributed by atoms with Crippen LogP contribution < -0.4 is 5.43 Å². The molecule has 5 heteroatoms. The maximum atomic E-state index is 13.7. The lowest BCUT2D eigenvalue weighted by molar-refractivity contribution is -0.111. The first-order valence-corrected chi connectivity index (χ1v) is 5.63. The summed E-state index contributed by atoms with van der Waals surface area (Å²) in [5, 5.41) is 4.08. The molecule has 1 heterocycles. The lowest BCUT2D eigenvalue weighted by atomic mass is 10.1. The SMILES string of the molecule is O=CC1NN=C(c2ccccc2F)N1C1CC1. The Morgan fingerprint density at radius 2 is 2.18 bits per heavy atom. The number of halogens is 1. The van der Waals surface area contributed by atoms with Gasteiger partial charge in [0.05, 0.1) is 5.56 Å². The van der Waals surface area contributed by atoms with E-state index >= 15 is 0 Å². The number of rotatable bonds is 3. The molecule has 0 saturated heterocycles. The lowest BCUT2D eigenvalue weighted by Crippen LogP contribution is -2.43. The fourth-order valence-corrected chi connectivity index (χ4v) is 2.07. The molecule has 0 spiro atoms. The third-order valence-corrected chi connectivity index (χ3v) is 3.03. The van der Waals surface area contributed by atoms with Crippen molar-refractivity contribution < 1.29 is 9.18 Å². The van der Waals surface area contributed by atoms with Gasteiger partial charge >= 0.3 is 0 Å². The summed E-state index contributed by atoms with van der Waals surface area (Å²) in [6, 6.07) is 6.79.